The van der Waals surface area contributed by atoms with Gasteiger partial charge in [-0.15, -0.1) is 0 Å². The molecule has 4 heteroatoms. The van der Waals surface area contributed by atoms with Gasteiger partial charge in [0.15, 0.2) is 0 Å². The molecular formula is C13H20N2O2. The monoisotopic (exact) mass is 236 g/mol. The Balaban J connectivity index is 2.24. The predicted octanol–water partition coefficient (Wildman–Crippen LogP) is 1.82. The minimum atomic E-state index is -0.670. The molecule has 17 heavy (non-hydrogen) atoms. The summed E-state index contributed by atoms with van der Waals surface area (Å²) in [6, 6.07) is 1.87. The quantitative estimate of drug-likeness (QED) is 0.818. The topological polar surface area (TPSA) is 68.4 Å². The van der Waals surface area contributed by atoms with Gasteiger partial charge in [-0.2, -0.15) is 0 Å². The van der Waals surface area contributed by atoms with E-state index in [0.717, 1.165) is 24.0 Å². The van der Waals surface area contributed by atoms with Crippen molar-refractivity contribution in [2.45, 2.75) is 38.9 Å². The number of nitrogens with two attached hydrogens (primary N) is 1. The Labute approximate surface area is 102 Å². The molecule has 0 saturated heterocycles. The highest BCUT2D eigenvalue weighted by molar-refractivity contribution is 5.45. The van der Waals surface area contributed by atoms with Crippen LogP contribution in [0.4, 0.5) is 5.82 Å². The molecule has 0 radical (unpaired) electrons. The first-order chi connectivity index (χ1) is 8.15. The summed E-state index contributed by atoms with van der Waals surface area (Å²) in [6.45, 7) is 4.49. The second-order valence-electron chi connectivity index (χ2n) is 4.63. The Morgan fingerprint density at radius 3 is 2.82 bits per heavy atom. The van der Waals surface area contributed by atoms with E-state index in [1.54, 1.807) is 6.20 Å². The molecule has 0 spiro atoms. The van der Waals surface area contributed by atoms with Crippen molar-refractivity contribution >= 4 is 5.82 Å². The number of aliphatic hydroxyl groups excluding tert-OH is 1. The number of nitrogen functional groups attached to an aromatic ring is 1. The maximum atomic E-state index is 10.4. The van der Waals surface area contributed by atoms with Gasteiger partial charge in [-0.3, -0.25) is 0 Å². The number of hydrogen-bond donors (Lipinski definition) is 2. The van der Waals surface area contributed by atoms with Gasteiger partial charge in [0, 0.05) is 18.4 Å². The summed E-state index contributed by atoms with van der Waals surface area (Å²) in [6.07, 6.45) is 3.09. The van der Waals surface area contributed by atoms with Gasteiger partial charge >= 0.3 is 0 Å². The van der Waals surface area contributed by atoms with Crippen molar-refractivity contribution < 1.29 is 9.84 Å². The maximum Gasteiger partial charge on any atom is 0.129 e. The first-order valence-electron chi connectivity index (χ1n) is 6.15. The summed E-state index contributed by atoms with van der Waals surface area (Å²) >= 11 is 0. The van der Waals surface area contributed by atoms with Crippen LogP contribution in [-0.2, 0) is 4.74 Å². The van der Waals surface area contributed by atoms with Crippen molar-refractivity contribution in [2.24, 2.45) is 5.92 Å². The molecule has 2 unspecified atom stereocenters. The van der Waals surface area contributed by atoms with Crippen molar-refractivity contribution in [3.05, 3.63) is 23.4 Å². The van der Waals surface area contributed by atoms with Crippen molar-refractivity contribution in [1.29, 1.82) is 0 Å². The molecule has 0 amide bonds. The van der Waals surface area contributed by atoms with Gasteiger partial charge in [0.05, 0.1) is 6.10 Å². The molecule has 1 aliphatic rings. The number of aliphatic hydroxyl groups is 1. The molecule has 0 aliphatic heterocycles. The number of rotatable bonds is 5. The lowest BCUT2D eigenvalue weighted by Crippen LogP contribution is -2.26. The molecule has 1 saturated carbocycles. The summed E-state index contributed by atoms with van der Waals surface area (Å²) in [5, 5.41) is 10.4. The maximum absolute atomic E-state index is 10.4. The molecule has 94 valence electrons. The van der Waals surface area contributed by atoms with E-state index in [4.69, 9.17) is 10.5 Å². The lowest BCUT2D eigenvalue weighted by Gasteiger charge is -2.24. The van der Waals surface area contributed by atoms with Gasteiger partial charge in [0.25, 0.3) is 0 Å². The van der Waals surface area contributed by atoms with Crippen LogP contribution in [0, 0.1) is 12.8 Å². The molecule has 0 bridgehead atoms. The second kappa shape index (κ2) is 5.02. The van der Waals surface area contributed by atoms with Gasteiger partial charge < -0.3 is 15.6 Å². The number of aromatic nitrogens is 1. The van der Waals surface area contributed by atoms with E-state index in [-0.39, 0.29) is 6.10 Å². The second-order valence-corrected chi connectivity index (χ2v) is 4.63. The van der Waals surface area contributed by atoms with Gasteiger partial charge in [-0.05, 0) is 44.2 Å². The van der Waals surface area contributed by atoms with E-state index in [9.17, 15) is 5.11 Å². The lowest BCUT2D eigenvalue weighted by molar-refractivity contribution is -0.0462. The number of pyridine rings is 1. The largest absolute Gasteiger partial charge is 0.386 e. The average molecular weight is 236 g/mol. The average Bonchev–Trinajstić information content (AvgIpc) is 3.09. The highest BCUT2D eigenvalue weighted by atomic mass is 16.5. The Bertz CT molecular complexity index is 371. The molecular weight excluding hydrogens is 216 g/mol. The van der Waals surface area contributed by atoms with Gasteiger partial charge in [0.2, 0.25) is 0 Å². The summed E-state index contributed by atoms with van der Waals surface area (Å²) in [7, 11) is 0. The van der Waals surface area contributed by atoms with E-state index in [0.29, 0.717) is 18.3 Å². The zero-order valence-electron chi connectivity index (χ0n) is 10.4. The molecule has 3 N–H and O–H groups in total. The number of anilines is 1. The smallest absolute Gasteiger partial charge is 0.129 e. The first-order valence-corrected chi connectivity index (χ1v) is 6.15. The summed E-state index contributed by atoms with van der Waals surface area (Å²) in [5.41, 5.74) is 7.54. The van der Waals surface area contributed by atoms with Gasteiger partial charge in [-0.1, -0.05) is 0 Å². The van der Waals surface area contributed by atoms with Crippen LogP contribution in [0.25, 0.3) is 0 Å². The van der Waals surface area contributed by atoms with Crippen molar-refractivity contribution in [2.75, 3.05) is 12.3 Å². The minimum Gasteiger partial charge on any atom is -0.386 e. The number of ether oxygens (including phenoxy) is 1. The van der Waals surface area contributed by atoms with E-state index >= 15 is 0 Å². The van der Waals surface area contributed by atoms with Crippen LogP contribution >= 0.6 is 0 Å². The fourth-order valence-corrected chi connectivity index (χ4v) is 2.24. The highest BCUT2D eigenvalue weighted by Gasteiger charge is 2.38. The van der Waals surface area contributed by atoms with Crippen molar-refractivity contribution in [3.8, 4) is 0 Å². The molecule has 0 aromatic carbocycles. The summed E-state index contributed by atoms with van der Waals surface area (Å²) in [5.74, 6) is 0.867. The van der Waals surface area contributed by atoms with Crippen molar-refractivity contribution in [1.82, 2.24) is 4.98 Å². The standard InChI is InChI=1S/C13H20N2O2/c1-3-17-12(9-4-5-9)11(16)10-8(2)6-7-15-13(10)14/h6-7,9,11-12,16H,3-5H2,1-2H3,(H2,14,15). The number of nitrogens with zero attached hydrogens (tertiary/aromatic N) is 1. The fourth-order valence-electron chi connectivity index (χ4n) is 2.24. The molecule has 1 aromatic rings. The third-order valence-electron chi connectivity index (χ3n) is 3.29. The molecule has 2 rings (SSSR count). The van der Waals surface area contributed by atoms with Crippen molar-refractivity contribution in [3.63, 3.8) is 0 Å². The van der Waals surface area contributed by atoms with Crippen LogP contribution in [0.1, 0.15) is 37.0 Å². The van der Waals surface area contributed by atoms with Gasteiger partial charge in [0.1, 0.15) is 11.9 Å². The van der Waals surface area contributed by atoms with Crippen LogP contribution < -0.4 is 5.73 Å². The Morgan fingerprint density at radius 1 is 1.59 bits per heavy atom. The van der Waals surface area contributed by atoms with Crippen LogP contribution in [-0.4, -0.2) is 22.8 Å². The third kappa shape index (κ3) is 2.58. The van der Waals surface area contributed by atoms with E-state index in [1.807, 2.05) is 19.9 Å². The molecule has 1 fully saturated rings. The Hall–Kier alpha value is -1.13. The SMILES string of the molecule is CCOC(C1CC1)C(O)c1c(C)ccnc1N. The Kier molecular flexibility index (Phi) is 3.64. The van der Waals surface area contributed by atoms with E-state index in [2.05, 4.69) is 4.98 Å². The first kappa shape index (κ1) is 12.3. The normalized spacial score (nSPS) is 19.0. The van der Waals surface area contributed by atoms with E-state index in [1.165, 1.54) is 0 Å². The Morgan fingerprint density at radius 2 is 2.29 bits per heavy atom. The van der Waals surface area contributed by atoms with E-state index < -0.39 is 6.10 Å². The predicted molar refractivity (Wildman–Crippen MR) is 66.5 cm³/mol. The number of hydrogen-bond acceptors (Lipinski definition) is 4. The van der Waals surface area contributed by atoms with Crippen LogP contribution in [0.3, 0.4) is 0 Å². The number of aryl methyl sites for hydroxylation is 1. The molecule has 1 heterocycles. The fraction of sp³-hybridized carbons (Fsp3) is 0.615. The molecule has 2 atom stereocenters. The van der Waals surface area contributed by atoms with Crippen LogP contribution in [0.15, 0.2) is 12.3 Å². The van der Waals surface area contributed by atoms with Crippen LogP contribution in [0.2, 0.25) is 0 Å². The lowest BCUT2D eigenvalue weighted by atomic mass is 9.97. The summed E-state index contributed by atoms with van der Waals surface area (Å²) in [4.78, 5) is 4.05. The zero-order valence-corrected chi connectivity index (χ0v) is 10.4. The molecule has 1 aliphatic carbocycles. The van der Waals surface area contributed by atoms with Crippen LogP contribution in [0.5, 0.6) is 0 Å². The molecule has 4 nitrogen and oxygen atoms in total. The minimum absolute atomic E-state index is 0.148. The molecule has 1 aromatic heterocycles. The summed E-state index contributed by atoms with van der Waals surface area (Å²) < 4.78 is 5.66. The highest BCUT2D eigenvalue weighted by Crippen LogP contribution is 2.41. The third-order valence-corrected chi connectivity index (χ3v) is 3.29. The van der Waals surface area contributed by atoms with Gasteiger partial charge in [-0.25, -0.2) is 4.98 Å². The zero-order chi connectivity index (χ0) is 12.4.